The Morgan fingerprint density at radius 3 is 2.69 bits per heavy atom. The first-order valence-corrected chi connectivity index (χ1v) is 13.1. The van der Waals surface area contributed by atoms with Crippen LogP contribution in [-0.2, 0) is 0 Å². The molecule has 0 saturated carbocycles. The van der Waals surface area contributed by atoms with E-state index in [1.165, 1.54) is 12.3 Å². The third kappa shape index (κ3) is 5.33. The Balaban J connectivity index is 1.34. The Morgan fingerprint density at radius 1 is 1.21 bits per heavy atom. The van der Waals surface area contributed by atoms with Gasteiger partial charge in [-0.1, -0.05) is 35.5 Å². The predicted molar refractivity (Wildman–Crippen MR) is 147 cm³/mol. The number of piperidine rings is 1. The second kappa shape index (κ2) is 10.7. The number of carbonyl (C=O) groups excluding carboxylic acids is 1. The Bertz CT molecular complexity index is 1630. The van der Waals surface area contributed by atoms with Crippen molar-refractivity contribution in [3.05, 3.63) is 69.7 Å². The van der Waals surface area contributed by atoms with Crippen LogP contribution in [0.4, 0.5) is 21.7 Å². The summed E-state index contributed by atoms with van der Waals surface area (Å²) in [6, 6.07) is 9.70. The number of pyridine rings is 1. The standard InChI is InChI=1S/C25H24ClFN8O3S/c26-19-14(31-21(36)18-22(37)33-16-6-1-2-9-35(16)24(18)38)4-3-5-15(19)39-23-20(29)32-17(12-30-23)34-10-7-25(27,13-28)8-11-34/h1-6,9,12,37H,7-8,10-11,13,28H2,(H2,29,32)(H,31,36). The average molecular weight is 571 g/mol. The molecule has 1 saturated heterocycles. The molecule has 14 heteroatoms. The first-order valence-electron chi connectivity index (χ1n) is 11.9. The average Bonchev–Trinajstić information content (AvgIpc) is 2.92. The minimum absolute atomic E-state index is 0.0121. The highest BCUT2D eigenvalue weighted by atomic mass is 35.5. The molecule has 0 aliphatic carbocycles. The summed E-state index contributed by atoms with van der Waals surface area (Å²) in [7, 11) is 0. The van der Waals surface area contributed by atoms with Gasteiger partial charge < -0.3 is 26.8 Å². The first kappa shape index (κ1) is 26.7. The highest BCUT2D eigenvalue weighted by Gasteiger charge is 2.33. The molecule has 1 fully saturated rings. The molecule has 1 aliphatic heterocycles. The van der Waals surface area contributed by atoms with Gasteiger partial charge in [-0.15, -0.1) is 0 Å². The number of nitrogens with one attached hydrogen (secondary N) is 1. The van der Waals surface area contributed by atoms with Crippen LogP contribution in [0.25, 0.3) is 5.65 Å². The summed E-state index contributed by atoms with van der Waals surface area (Å²) < 4.78 is 15.6. The van der Waals surface area contributed by atoms with Gasteiger partial charge in [-0.25, -0.2) is 14.4 Å². The topological polar surface area (TPSA) is 165 Å². The van der Waals surface area contributed by atoms with Gasteiger partial charge in [-0.3, -0.25) is 14.0 Å². The fourth-order valence-corrected chi connectivity index (χ4v) is 5.30. The maximum atomic E-state index is 14.4. The van der Waals surface area contributed by atoms with Crippen LogP contribution in [0.15, 0.2) is 63.5 Å². The molecular formula is C25H24ClFN8O3S. The van der Waals surface area contributed by atoms with Gasteiger partial charge in [0.25, 0.3) is 11.5 Å². The number of aromatic nitrogens is 4. The zero-order valence-corrected chi connectivity index (χ0v) is 22.0. The van der Waals surface area contributed by atoms with Crippen LogP contribution in [0.2, 0.25) is 5.02 Å². The highest BCUT2D eigenvalue weighted by molar-refractivity contribution is 7.99. The van der Waals surface area contributed by atoms with Gasteiger partial charge in [0, 0.05) is 43.6 Å². The van der Waals surface area contributed by atoms with Gasteiger partial charge in [0.05, 0.1) is 16.9 Å². The van der Waals surface area contributed by atoms with Crippen molar-refractivity contribution >= 4 is 52.2 Å². The third-order valence-corrected chi connectivity index (χ3v) is 8.05. The third-order valence-electron chi connectivity index (χ3n) is 6.46. The van der Waals surface area contributed by atoms with E-state index in [-0.39, 0.29) is 28.7 Å². The molecule has 1 amide bonds. The number of hydrogen-bond acceptors (Lipinski definition) is 10. The van der Waals surface area contributed by atoms with Crippen molar-refractivity contribution in [2.24, 2.45) is 5.73 Å². The molecule has 6 N–H and O–H groups in total. The molecular weight excluding hydrogens is 547 g/mol. The number of fused-ring (bicyclic) bond motifs is 1. The van der Waals surface area contributed by atoms with Crippen molar-refractivity contribution in [2.75, 3.05) is 35.6 Å². The van der Waals surface area contributed by atoms with Crippen LogP contribution in [0, 0.1) is 0 Å². The lowest BCUT2D eigenvalue weighted by molar-refractivity contribution is 0.102. The fraction of sp³-hybridized carbons (Fsp3) is 0.240. The second-order valence-electron chi connectivity index (χ2n) is 8.98. The second-order valence-corrected chi connectivity index (χ2v) is 10.4. The number of hydrogen-bond donors (Lipinski definition) is 4. The number of benzene rings is 1. The molecule has 4 heterocycles. The minimum Gasteiger partial charge on any atom is -0.493 e. The van der Waals surface area contributed by atoms with E-state index in [1.54, 1.807) is 36.5 Å². The summed E-state index contributed by atoms with van der Waals surface area (Å²) >= 11 is 7.71. The highest BCUT2D eigenvalue weighted by Crippen LogP contribution is 2.39. The van der Waals surface area contributed by atoms with Crippen LogP contribution in [0.1, 0.15) is 23.2 Å². The van der Waals surface area contributed by atoms with E-state index in [1.807, 2.05) is 4.90 Å². The zero-order valence-electron chi connectivity index (χ0n) is 20.5. The van der Waals surface area contributed by atoms with Gasteiger partial charge in [0.1, 0.15) is 22.2 Å². The number of anilines is 3. The molecule has 202 valence electrons. The van der Waals surface area contributed by atoms with E-state index < -0.39 is 28.6 Å². The lowest BCUT2D eigenvalue weighted by Gasteiger charge is -2.36. The molecule has 0 unspecified atom stereocenters. The number of amides is 1. The van der Waals surface area contributed by atoms with Gasteiger partial charge in [0.2, 0.25) is 5.88 Å². The lowest BCUT2D eigenvalue weighted by atomic mass is 9.93. The van der Waals surface area contributed by atoms with E-state index in [9.17, 15) is 19.1 Å². The Hall–Kier alpha value is -3.94. The van der Waals surface area contributed by atoms with Crippen molar-refractivity contribution in [3.63, 3.8) is 0 Å². The maximum Gasteiger partial charge on any atom is 0.274 e. The number of halogens is 2. The molecule has 0 bridgehead atoms. The van der Waals surface area contributed by atoms with Crippen molar-refractivity contribution < 1.29 is 14.3 Å². The Labute approximate surface area is 231 Å². The first-order chi connectivity index (χ1) is 18.7. The number of nitrogen functional groups attached to an aromatic ring is 1. The molecule has 0 atom stereocenters. The molecule has 11 nitrogen and oxygen atoms in total. The number of nitrogens with zero attached hydrogens (tertiary/aromatic N) is 5. The smallest absolute Gasteiger partial charge is 0.274 e. The summed E-state index contributed by atoms with van der Waals surface area (Å²) in [6.45, 7) is 0.892. The summed E-state index contributed by atoms with van der Waals surface area (Å²) in [4.78, 5) is 41.0. The van der Waals surface area contributed by atoms with Gasteiger partial charge in [-0.05, 0) is 24.3 Å². The molecule has 39 heavy (non-hydrogen) atoms. The van der Waals surface area contributed by atoms with E-state index in [0.29, 0.717) is 41.7 Å². The van der Waals surface area contributed by atoms with Gasteiger partial charge >= 0.3 is 0 Å². The van der Waals surface area contributed by atoms with Crippen molar-refractivity contribution in [2.45, 2.75) is 28.4 Å². The fourth-order valence-electron chi connectivity index (χ4n) is 4.21. The molecule has 5 rings (SSSR count). The van der Waals surface area contributed by atoms with Crippen LogP contribution < -0.4 is 27.2 Å². The van der Waals surface area contributed by atoms with Gasteiger partial charge in [0.15, 0.2) is 11.4 Å². The largest absolute Gasteiger partial charge is 0.493 e. The molecule has 3 aromatic heterocycles. The normalized spacial score (nSPS) is 14.9. The van der Waals surface area contributed by atoms with Crippen LogP contribution in [0.3, 0.4) is 0 Å². The van der Waals surface area contributed by atoms with Crippen molar-refractivity contribution in [1.29, 1.82) is 0 Å². The number of alkyl halides is 1. The van der Waals surface area contributed by atoms with E-state index in [4.69, 9.17) is 23.1 Å². The monoisotopic (exact) mass is 570 g/mol. The van der Waals surface area contributed by atoms with Gasteiger partial charge in [-0.2, -0.15) is 4.98 Å². The van der Waals surface area contributed by atoms with E-state index in [2.05, 4.69) is 20.3 Å². The van der Waals surface area contributed by atoms with Crippen LogP contribution in [0.5, 0.6) is 5.88 Å². The number of carbonyl (C=O) groups is 1. The minimum atomic E-state index is -1.36. The SMILES string of the molecule is NCC1(F)CCN(c2cnc(Sc3cccc(NC(=O)c4c(O)nc5ccccn5c4=O)c3Cl)c(N)n2)CC1. The van der Waals surface area contributed by atoms with Crippen molar-refractivity contribution in [1.82, 2.24) is 19.4 Å². The lowest BCUT2D eigenvalue weighted by Crippen LogP contribution is -2.46. The molecule has 0 spiro atoms. The molecule has 4 aromatic rings. The summed E-state index contributed by atoms with van der Waals surface area (Å²) in [6.07, 6.45) is 3.61. The summed E-state index contributed by atoms with van der Waals surface area (Å²) in [5.74, 6) is -0.857. The molecule has 1 aromatic carbocycles. The van der Waals surface area contributed by atoms with E-state index in [0.717, 1.165) is 16.2 Å². The molecule has 0 radical (unpaired) electrons. The van der Waals surface area contributed by atoms with Crippen LogP contribution in [-0.4, -0.2) is 55.7 Å². The Kier molecular flexibility index (Phi) is 7.30. The zero-order chi connectivity index (χ0) is 27.7. The Morgan fingerprint density at radius 2 is 1.97 bits per heavy atom. The summed E-state index contributed by atoms with van der Waals surface area (Å²) in [5, 5.41) is 13.4. The number of aromatic hydroxyl groups is 1. The quantitative estimate of drug-likeness (QED) is 0.270. The molecule has 1 aliphatic rings. The number of rotatable bonds is 6. The van der Waals surface area contributed by atoms with Crippen molar-refractivity contribution in [3.8, 4) is 5.88 Å². The number of nitrogens with two attached hydrogens (primary N) is 2. The predicted octanol–water partition coefficient (Wildman–Crippen LogP) is 3.10. The summed E-state index contributed by atoms with van der Waals surface area (Å²) in [5.41, 5.74) is 9.52. The maximum absolute atomic E-state index is 14.4. The van der Waals surface area contributed by atoms with E-state index >= 15 is 0 Å². The van der Waals surface area contributed by atoms with Crippen LogP contribution >= 0.6 is 23.4 Å².